The summed E-state index contributed by atoms with van der Waals surface area (Å²) in [6.45, 7) is 5.16. The van der Waals surface area contributed by atoms with Gasteiger partial charge in [-0.05, 0) is 45.0 Å². The summed E-state index contributed by atoms with van der Waals surface area (Å²) >= 11 is 1.25. The number of hydrogen-bond acceptors (Lipinski definition) is 5. The number of thiophene rings is 1. The lowest BCUT2D eigenvalue weighted by atomic mass is 10.0. The average Bonchev–Trinajstić information content (AvgIpc) is 3.09. The predicted octanol–water partition coefficient (Wildman–Crippen LogP) is 6.29. The summed E-state index contributed by atoms with van der Waals surface area (Å²) in [7, 11) is 0. The van der Waals surface area contributed by atoms with Crippen molar-refractivity contribution >= 4 is 33.3 Å². The van der Waals surface area contributed by atoms with Gasteiger partial charge in [0.25, 0.3) is 0 Å². The van der Waals surface area contributed by atoms with E-state index in [4.69, 9.17) is 4.42 Å². The van der Waals surface area contributed by atoms with Gasteiger partial charge in [0.2, 0.25) is 5.43 Å². The van der Waals surface area contributed by atoms with Gasteiger partial charge in [-0.3, -0.25) is 4.79 Å². The monoisotopic (exact) mass is 455 g/mol. The molecular formula is C24H19F2NO4S. The third kappa shape index (κ3) is 3.56. The Morgan fingerprint density at radius 3 is 2.56 bits per heavy atom. The van der Waals surface area contributed by atoms with Crippen molar-refractivity contribution in [2.75, 3.05) is 5.32 Å². The lowest BCUT2D eigenvalue weighted by Crippen LogP contribution is -2.12. The zero-order valence-corrected chi connectivity index (χ0v) is 18.3. The maximum absolute atomic E-state index is 14.5. The second-order valence-corrected chi connectivity index (χ2v) is 8.66. The first kappa shape index (κ1) is 21.7. The SMILES string of the molecule is Cc1sc2c(=O)c(C)c(-c3cccc(F)c3F)oc2c1C(C)Nc1ccccc1C(=O)O. The first-order chi connectivity index (χ1) is 15.2. The molecule has 2 aromatic heterocycles. The number of rotatable bonds is 5. The summed E-state index contributed by atoms with van der Waals surface area (Å²) in [6, 6.07) is 9.77. The largest absolute Gasteiger partial charge is 0.478 e. The smallest absolute Gasteiger partial charge is 0.337 e. The van der Waals surface area contributed by atoms with Crippen LogP contribution in [0.1, 0.15) is 39.3 Å². The number of carboxylic acids is 1. The van der Waals surface area contributed by atoms with Crippen molar-refractivity contribution in [2.24, 2.45) is 0 Å². The predicted molar refractivity (Wildman–Crippen MR) is 121 cm³/mol. The van der Waals surface area contributed by atoms with E-state index in [2.05, 4.69) is 5.32 Å². The molecule has 8 heteroatoms. The van der Waals surface area contributed by atoms with Gasteiger partial charge in [0, 0.05) is 21.7 Å². The Morgan fingerprint density at radius 2 is 1.84 bits per heavy atom. The Bertz CT molecular complexity index is 1420. The molecule has 2 aromatic carbocycles. The van der Waals surface area contributed by atoms with E-state index in [0.29, 0.717) is 16.0 Å². The zero-order chi connectivity index (χ0) is 23.2. The normalized spacial score (nSPS) is 12.2. The van der Waals surface area contributed by atoms with Crippen LogP contribution in [-0.4, -0.2) is 11.1 Å². The van der Waals surface area contributed by atoms with Crippen molar-refractivity contribution in [3.8, 4) is 11.3 Å². The van der Waals surface area contributed by atoms with E-state index in [-0.39, 0.29) is 33.5 Å². The molecular weight excluding hydrogens is 436 g/mol. The van der Waals surface area contributed by atoms with E-state index >= 15 is 0 Å². The minimum absolute atomic E-state index is 0.0308. The van der Waals surface area contributed by atoms with Crippen LogP contribution in [0.4, 0.5) is 14.5 Å². The highest BCUT2D eigenvalue weighted by Gasteiger charge is 2.25. The summed E-state index contributed by atoms with van der Waals surface area (Å²) in [6.07, 6.45) is 0. The third-order valence-electron chi connectivity index (χ3n) is 5.34. The molecule has 0 aliphatic rings. The van der Waals surface area contributed by atoms with Crippen LogP contribution in [0.5, 0.6) is 0 Å². The molecule has 0 fully saturated rings. The van der Waals surface area contributed by atoms with Crippen molar-refractivity contribution in [3.63, 3.8) is 0 Å². The fraction of sp³-hybridized carbons (Fsp3) is 0.167. The van der Waals surface area contributed by atoms with Crippen LogP contribution in [0.2, 0.25) is 0 Å². The maximum atomic E-state index is 14.5. The summed E-state index contributed by atoms with van der Waals surface area (Å²) in [5.41, 5.74) is 1.19. The van der Waals surface area contributed by atoms with Crippen LogP contribution in [0.15, 0.2) is 51.7 Å². The number of para-hydroxylation sites is 1. The molecule has 4 rings (SSSR count). The Kier molecular flexibility index (Phi) is 5.56. The molecule has 1 atom stereocenters. The standard InChI is InChI=1S/C24H19F2NO4S/c1-11-20(28)23-22(31-21(11)15-8-6-9-16(25)19(15)26)18(13(3)32-23)12(2)27-17-10-5-4-7-14(17)24(29)30/h4-10,12,27H,1-3H3,(H,29,30). The minimum Gasteiger partial charge on any atom is -0.478 e. The molecule has 5 nitrogen and oxygen atoms in total. The second kappa shape index (κ2) is 8.20. The molecule has 0 saturated heterocycles. The number of nitrogens with one attached hydrogen (secondary N) is 1. The van der Waals surface area contributed by atoms with Crippen LogP contribution < -0.4 is 10.7 Å². The van der Waals surface area contributed by atoms with Crippen molar-refractivity contribution in [1.82, 2.24) is 0 Å². The minimum atomic E-state index is -1.09. The number of halogens is 2. The van der Waals surface area contributed by atoms with Gasteiger partial charge in [0.1, 0.15) is 10.5 Å². The van der Waals surface area contributed by atoms with E-state index in [1.54, 1.807) is 18.2 Å². The van der Waals surface area contributed by atoms with Gasteiger partial charge in [0.05, 0.1) is 17.2 Å². The number of hydrogen-bond donors (Lipinski definition) is 2. The zero-order valence-electron chi connectivity index (χ0n) is 17.5. The van der Waals surface area contributed by atoms with Crippen molar-refractivity contribution in [2.45, 2.75) is 26.8 Å². The first-order valence-electron chi connectivity index (χ1n) is 9.80. The Morgan fingerprint density at radius 1 is 1.12 bits per heavy atom. The molecule has 2 N–H and O–H groups in total. The summed E-state index contributed by atoms with van der Waals surface area (Å²) in [5, 5.41) is 12.6. The van der Waals surface area contributed by atoms with Gasteiger partial charge in [-0.1, -0.05) is 18.2 Å². The molecule has 4 aromatic rings. The number of benzene rings is 2. The number of aromatic carboxylic acids is 1. The van der Waals surface area contributed by atoms with Crippen LogP contribution >= 0.6 is 11.3 Å². The Balaban J connectivity index is 1.89. The summed E-state index contributed by atoms with van der Waals surface area (Å²) < 4.78 is 34.7. The lowest BCUT2D eigenvalue weighted by molar-refractivity contribution is 0.0698. The highest BCUT2D eigenvalue weighted by atomic mass is 32.1. The van der Waals surface area contributed by atoms with Crippen molar-refractivity contribution in [1.29, 1.82) is 0 Å². The molecule has 0 bridgehead atoms. The van der Waals surface area contributed by atoms with E-state index < -0.39 is 23.6 Å². The Hall–Kier alpha value is -3.52. The third-order valence-corrected chi connectivity index (χ3v) is 6.44. The van der Waals surface area contributed by atoms with Gasteiger partial charge >= 0.3 is 5.97 Å². The molecule has 0 saturated carbocycles. The van der Waals surface area contributed by atoms with Gasteiger partial charge in [-0.15, -0.1) is 11.3 Å². The fourth-order valence-electron chi connectivity index (χ4n) is 3.78. The Labute approximate surface area is 185 Å². The molecule has 1 unspecified atom stereocenters. The van der Waals surface area contributed by atoms with Gasteiger partial charge in [-0.2, -0.15) is 0 Å². The van der Waals surface area contributed by atoms with Crippen LogP contribution in [-0.2, 0) is 0 Å². The van der Waals surface area contributed by atoms with E-state index in [1.165, 1.54) is 36.5 Å². The number of aryl methyl sites for hydroxylation is 1. The maximum Gasteiger partial charge on any atom is 0.337 e. The number of fused-ring (bicyclic) bond motifs is 1. The summed E-state index contributed by atoms with van der Waals surface area (Å²) in [5.74, 6) is -3.23. The summed E-state index contributed by atoms with van der Waals surface area (Å²) in [4.78, 5) is 25.4. The molecule has 0 aliphatic carbocycles. The molecule has 2 heterocycles. The first-order valence-corrected chi connectivity index (χ1v) is 10.6. The van der Waals surface area contributed by atoms with E-state index in [0.717, 1.165) is 10.9 Å². The lowest BCUT2D eigenvalue weighted by Gasteiger charge is -2.17. The van der Waals surface area contributed by atoms with E-state index in [9.17, 15) is 23.5 Å². The van der Waals surface area contributed by atoms with Gasteiger partial charge in [-0.25, -0.2) is 13.6 Å². The van der Waals surface area contributed by atoms with Crippen molar-refractivity contribution in [3.05, 3.63) is 85.9 Å². The fourth-order valence-corrected chi connectivity index (χ4v) is 4.95. The quantitative estimate of drug-likeness (QED) is 0.370. The van der Waals surface area contributed by atoms with Crippen LogP contribution in [0, 0.1) is 25.5 Å². The number of anilines is 1. The molecule has 32 heavy (non-hydrogen) atoms. The second-order valence-electron chi connectivity index (χ2n) is 7.43. The molecule has 164 valence electrons. The number of carbonyl (C=O) groups is 1. The van der Waals surface area contributed by atoms with Crippen molar-refractivity contribution < 1.29 is 23.1 Å². The number of carboxylic acid groups (broad SMARTS) is 1. The molecule has 0 spiro atoms. The van der Waals surface area contributed by atoms with E-state index in [1.807, 2.05) is 13.8 Å². The van der Waals surface area contributed by atoms with Crippen LogP contribution in [0.3, 0.4) is 0 Å². The van der Waals surface area contributed by atoms with Crippen LogP contribution in [0.25, 0.3) is 21.6 Å². The highest BCUT2D eigenvalue weighted by molar-refractivity contribution is 7.19. The molecule has 0 amide bonds. The molecule has 0 radical (unpaired) electrons. The van der Waals surface area contributed by atoms with Gasteiger partial charge in [0.15, 0.2) is 17.2 Å². The topological polar surface area (TPSA) is 79.5 Å². The molecule has 0 aliphatic heterocycles. The average molecular weight is 455 g/mol. The van der Waals surface area contributed by atoms with Gasteiger partial charge < -0.3 is 14.8 Å². The highest BCUT2D eigenvalue weighted by Crippen LogP contribution is 2.38.